The number of furan rings is 1. The Bertz CT molecular complexity index is 1100. The predicted octanol–water partition coefficient (Wildman–Crippen LogP) is 3.89. The SMILES string of the molecule is Cc1cc2occ(CC(=O)O[C@@H](C)C(=O)Nc3ccc4c(c3)OCO4)c2cc1C. The zero-order valence-electron chi connectivity index (χ0n) is 16.4. The molecule has 1 aliphatic rings. The van der Waals surface area contributed by atoms with Crippen LogP contribution in [0.5, 0.6) is 11.5 Å². The van der Waals surface area contributed by atoms with E-state index in [1.807, 2.05) is 26.0 Å². The molecule has 0 spiro atoms. The van der Waals surface area contributed by atoms with Gasteiger partial charge in [-0.3, -0.25) is 9.59 Å². The fourth-order valence-corrected chi connectivity index (χ4v) is 3.14. The number of hydrogen-bond donors (Lipinski definition) is 1. The van der Waals surface area contributed by atoms with Gasteiger partial charge in [-0.15, -0.1) is 0 Å². The molecule has 0 aliphatic carbocycles. The molecular formula is C22H21NO6. The molecule has 1 N–H and O–H groups in total. The molecule has 3 aromatic rings. The maximum atomic E-state index is 12.4. The molecule has 1 aliphatic heterocycles. The zero-order valence-corrected chi connectivity index (χ0v) is 16.4. The van der Waals surface area contributed by atoms with E-state index in [1.54, 1.807) is 24.5 Å². The van der Waals surface area contributed by atoms with E-state index in [0.717, 1.165) is 27.7 Å². The summed E-state index contributed by atoms with van der Waals surface area (Å²) < 4.78 is 21.4. The van der Waals surface area contributed by atoms with Crippen LogP contribution in [0.3, 0.4) is 0 Å². The van der Waals surface area contributed by atoms with Gasteiger partial charge in [0, 0.05) is 22.7 Å². The maximum absolute atomic E-state index is 12.4. The first-order chi connectivity index (χ1) is 13.9. The first-order valence-electron chi connectivity index (χ1n) is 9.28. The lowest BCUT2D eigenvalue weighted by Gasteiger charge is -2.13. The van der Waals surface area contributed by atoms with Crippen LogP contribution in [-0.4, -0.2) is 24.8 Å². The number of aryl methyl sites for hydroxylation is 2. The molecule has 0 radical (unpaired) electrons. The van der Waals surface area contributed by atoms with E-state index >= 15 is 0 Å². The van der Waals surface area contributed by atoms with E-state index in [-0.39, 0.29) is 13.2 Å². The second-order valence-corrected chi connectivity index (χ2v) is 7.06. The quantitative estimate of drug-likeness (QED) is 0.660. The Morgan fingerprint density at radius 2 is 1.86 bits per heavy atom. The molecule has 1 aromatic heterocycles. The summed E-state index contributed by atoms with van der Waals surface area (Å²) >= 11 is 0. The molecule has 2 heterocycles. The molecule has 0 unspecified atom stereocenters. The minimum Gasteiger partial charge on any atom is -0.464 e. The molecule has 1 atom stereocenters. The topological polar surface area (TPSA) is 87.0 Å². The van der Waals surface area contributed by atoms with Crippen LogP contribution in [-0.2, 0) is 20.7 Å². The number of nitrogens with one attached hydrogen (secondary N) is 1. The number of amides is 1. The van der Waals surface area contributed by atoms with Gasteiger partial charge in [-0.1, -0.05) is 0 Å². The van der Waals surface area contributed by atoms with Gasteiger partial charge >= 0.3 is 5.97 Å². The molecule has 0 bridgehead atoms. The van der Waals surface area contributed by atoms with Crippen LogP contribution in [0.25, 0.3) is 11.0 Å². The third-order valence-electron chi connectivity index (χ3n) is 4.92. The van der Waals surface area contributed by atoms with Gasteiger partial charge in [0.2, 0.25) is 6.79 Å². The molecule has 7 heteroatoms. The predicted molar refractivity (Wildman–Crippen MR) is 106 cm³/mol. The van der Waals surface area contributed by atoms with Crippen molar-refractivity contribution >= 4 is 28.5 Å². The van der Waals surface area contributed by atoms with Crippen LogP contribution in [0.1, 0.15) is 23.6 Å². The highest BCUT2D eigenvalue weighted by Gasteiger charge is 2.21. The highest BCUT2D eigenvalue weighted by Crippen LogP contribution is 2.34. The van der Waals surface area contributed by atoms with E-state index in [9.17, 15) is 9.59 Å². The van der Waals surface area contributed by atoms with Gasteiger partial charge in [0.05, 0.1) is 12.7 Å². The van der Waals surface area contributed by atoms with Gasteiger partial charge in [0.15, 0.2) is 17.6 Å². The normalized spacial score (nSPS) is 13.3. The van der Waals surface area contributed by atoms with Crippen molar-refractivity contribution in [2.45, 2.75) is 33.3 Å². The molecule has 29 heavy (non-hydrogen) atoms. The smallest absolute Gasteiger partial charge is 0.311 e. The van der Waals surface area contributed by atoms with Crippen molar-refractivity contribution in [1.82, 2.24) is 0 Å². The van der Waals surface area contributed by atoms with Gasteiger partial charge in [0.1, 0.15) is 5.58 Å². The highest BCUT2D eigenvalue weighted by molar-refractivity contribution is 5.95. The highest BCUT2D eigenvalue weighted by atomic mass is 16.7. The van der Waals surface area contributed by atoms with Crippen LogP contribution in [0.4, 0.5) is 5.69 Å². The van der Waals surface area contributed by atoms with Gasteiger partial charge < -0.3 is 23.9 Å². The molecule has 1 amide bonds. The number of ether oxygens (including phenoxy) is 3. The lowest BCUT2D eigenvalue weighted by Crippen LogP contribution is -2.30. The fourth-order valence-electron chi connectivity index (χ4n) is 3.14. The number of benzene rings is 2. The van der Waals surface area contributed by atoms with Gasteiger partial charge in [0.25, 0.3) is 5.91 Å². The summed E-state index contributed by atoms with van der Waals surface area (Å²) in [6.07, 6.45) is 0.634. The average molecular weight is 395 g/mol. The fraction of sp³-hybridized carbons (Fsp3) is 0.273. The van der Waals surface area contributed by atoms with Gasteiger partial charge in [-0.05, 0) is 56.2 Å². The second kappa shape index (κ2) is 7.50. The van der Waals surface area contributed by atoms with Crippen molar-refractivity contribution in [3.8, 4) is 11.5 Å². The van der Waals surface area contributed by atoms with Crippen LogP contribution in [0.15, 0.2) is 41.0 Å². The Morgan fingerprint density at radius 3 is 2.69 bits per heavy atom. The Balaban J connectivity index is 1.38. The van der Waals surface area contributed by atoms with E-state index in [2.05, 4.69) is 5.32 Å². The molecule has 7 nitrogen and oxygen atoms in total. The van der Waals surface area contributed by atoms with E-state index in [4.69, 9.17) is 18.6 Å². The second-order valence-electron chi connectivity index (χ2n) is 7.06. The summed E-state index contributed by atoms with van der Waals surface area (Å²) in [5.41, 5.74) is 4.23. The minimum atomic E-state index is -0.949. The molecule has 4 rings (SSSR count). The number of esters is 1. The number of carbonyl (C=O) groups excluding carboxylic acids is 2. The summed E-state index contributed by atoms with van der Waals surface area (Å²) in [7, 11) is 0. The summed E-state index contributed by atoms with van der Waals surface area (Å²) in [6, 6.07) is 9.01. The van der Waals surface area contributed by atoms with Crippen molar-refractivity contribution in [2.75, 3.05) is 12.1 Å². The first-order valence-corrected chi connectivity index (χ1v) is 9.28. The number of hydrogen-bond acceptors (Lipinski definition) is 6. The Kier molecular flexibility index (Phi) is 4.88. The van der Waals surface area contributed by atoms with E-state index in [1.165, 1.54) is 6.92 Å². The van der Waals surface area contributed by atoms with Crippen LogP contribution in [0.2, 0.25) is 0 Å². The summed E-state index contributed by atoms with van der Waals surface area (Å²) in [4.78, 5) is 24.7. The summed E-state index contributed by atoms with van der Waals surface area (Å²) in [6.45, 7) is 5.70. The van der Waals surface area contributed by atoms with Crippen molar-refractivity contribution < 1.29 is 28.2 Å². The van der Waals surface area contributed by atoms with Crippen molar-refractivity contribution in [1.29, 1.82) is 0 Å². The monoisotopic (exact) mass is 395 g/mol. The maximum Gasteiger partial charge on any atom is 0.311 e. The number of fused-ring (bicyclic) bond motifs is 2. The lowest BCUT2D eigenvalue weighted by atomic mass is 10.0. The Labute approximate surface area is 167 Å². The molecule has 150 valence electrons. The van der Waals surface area contributed by atoms with Crippen LogP contribution < -0.4 is 14.8 Å². The summed E-state index contributed by atoms with van der Waals surface area (Å²) in [5, 5.41) is 3.59. The van der Waals surface area contributed by atoms with Crippen molar-refractivity contribution in [2.24, 2.45) is 0 Å². The van der Waals surface area contributed by atoms with Crippen molar-refractivity contribution in [3.05, 3.63) is 53.3 Å². The zero-order chi connectivity index (χ0) is 20.5. The largest absolute Gasteiger partial charge is 0.464 e. The standard InChI is InChI=1S/C22H21NO6/c1-12-6-17-15(10-26-19(17)7-13(12)2)8-21(24)29-14(3)22(25)23-16-4-5-18-20(9-16)28-11-27-18/h4-7,9-10,14H,8,11H2,1-3H3,(H,23,25)/t14-/m0/s1. The third kappa shape index (κ3) is 3.89. The Hall–Kier alpha value is -3.48. The minimum absolute atomic E-state index is 0.0249. The molecule has 0 saturated carbocycles. The van der Waals surface area contributed by atoms with Gasteiger partial charge in [-0.25, -0.2) is 0 Å². The molecule has 2 aromatic carbocycles. The molecule has 0 saturated heterocycles. The van der Waals surface area contributed by atoms with Crippen LogP contribution >= 0.6 is 0 Å². The van der Waals surface area contributed by atoms with E-state index in [0.29, 0.717) is 17.2 Å². The number of rotatable bonds is 5. The Morgan fingerprint density at radius 1 is 1.10 bits per heavy atom. The number of anilines is 1. The summed E-state index contributed by atoms with van der Waals surface area (Å²) in [5.74, 6) is 0.255. The average Bonchev–Trinajstić information content (AvgIpc) is 3.29. The van der Waals surface area contributed by atoms with Crippen molar-refractivity contribution in [3.63, 3.8) is 0 Å². The molecule has 0 fully saturated rings. The van der Waals surface area contributed by atoms with E-state index < -0.39 is 18.0 Å². The number of carbonyl (C=O) groups is 2. The molecular weight excluding hydrogens is 374 g/mol. The lowest BCUT2D eigenvalue weighted by molar-refractivity contribution is -0.152. The first kappa shape index (κ1) is 18.9. The third-order valence-corrected chi connectivity index (χ3v) is 4.92. The van der Waals surface area contributed by atoms with Gasteiger partial charge in [-0.2, -0.15) is 0 Å². The van der Waals surface area contributed by atoms with Crippen LogP contribution in [0, 0.1) is 13.8 Å².